The first-order chi connectivity index (χ1) is 14.9. The Hall–Kier alpha value is -2.90. The number of amides is 3. The quantitative estimate of drug-likeness (QED) is 0.718. The van der Waals surface area contributed by atoms with Gasteiger partial charge in [-0.25, -0.2) is 9.69 Å². The van der Waals surface area contributed by atoms with E-state index in [0.717, 1.165) is 49.0 Å². The van der Waals surface area contributed by atoms with Crippen molar-refractivity contribution in [3.63, 3.8) is 0 Å². The highest BCUT2D eigenvalue weighted by Crippen LogP contribution is 2.25. The molecule has 2 aliphatic rings. The highest BCUT2D eigenvalue weighted by molar-refractivity contribution is 6.13. The Morgan fingerprint density at radius 1 is 0.968 bits per heavy atom. The number of ether oxygens (including phenoxy) is 1. The maximum Gasteiger partial charge on any atom is 0.336 e. The number of nitrogens with one attached hydrogen (secondary N) is 1. The summed E-state index contributed by atoms with van der Waals surface area (Å²) in [5.74, 6) is -0.146. The van der Waals surface area contributed by atoms with Crippen LogP contribution in [0.1, 0.15) is 18.1 Å². The molecule has 0 aromatic heterocycles. The average Bonchev–Trinajstić information content (AvgIpc) is 2.99. The van der Waals surface area contributed by atoms with Gasteiger partial charge in [0.25, 0.3) is 5.91 Å². The van der Waals surface area contributed by atoms with E-state index in [9.17, 15) is 9.59 Å². The monoisotopic (exact) mass is 423 g/mol. The molecule has 0 aliphatic carbocycles. The number of nitrogens with zero attached hydrogens (tertiary/aromatic N) is 3. The minimum Gasteiger partial charge on any atom is -0.378 e. The van der Waals surface area contributed by atoms with E-state index in [1.807, 2.05) is 38.2 Å². The zero-order valence-electron chi connectivity index (χ0n) is 18.5. The molecular formula is C24H31N4O3+. The van der Waals surface area contributed by atoms with E-state index in [0.29, 0.717) is 6.67 Å². The molecular weight excluding hydrogens is 392 g/mol. The standard InChI is InChI=1S/C24H30N4O3/c1-18-4-8-22(9-5-18)28-19(2)23(29)27(24(28)30)17-25(3)16-20-6-10-21(11-7-20)26-12-14-31-15-13-26/h4-11,19H,12-17H2,1-3H3/p+1/t19-/m1/s1. The Balaban J connectivity index is 1.38. The van der Waals surface area contributed by atoms with Crippen molar-refractivity contribution in [1.82, 2.24) is 4.90 Å². The molecule has 2 saturated heterocycles. The number of imide groups is 1. The smallest absolute Gasteiger partial charge is 0.336 e. The van der Waals surface area contributed by atoms with Crippen molar-refractivity contribution in [2.75, 3.05) is 49.8 Å². The third kappa shape index (κ3) is 4.57. The van der Waals surface area contributed by atoms with Crippen LogP contribution >= 0.6 is 0 Å². The fraction of sp³-hybridized carbons (Fsp3) is 0.417. The number of urea groups is 1. The lowest BCUT2D eigenvalue weighted by molar-refractivity contribution is -0.901. The fourth-order valence-corrected chi connectivity index (χ4v) is 4.23. The molecule has 2 aliphatic heterocycles. The largest absolute Gasteiger partial charge is 0.378 e. The molecule has 7 nitrogen and oxygen atoms in total. The minimum atomic E-state index is -0.490. The number of carbonyl (C=O) groups is 2. The summed E-state index contributed by atoms with van der Waals surface area (Å²) >= 11 is 0. The third-order valence-electron chi connectivity index (χ3n) is 6.01. The number of quaternary nitrogens is 1. The first-order valence-corrected chi connectivity index (χ1v) is 10.9. The molecule has 31 heavy (non-hydrogen) atoms. The summed E-state index contributed by atoms with van der Waals surface area (Å²) in [5.41, 5.74) is 4.26. The summed E-state index contributed by atoms with van der Waals surface area (Å²) in [6, 6.07) is 15.5. The van der Waals surface area contributed by atoms with Gasteiger partial charge in [0.15, 0.2) is 6.67 Å². The highest BCUT2D eigenvalue weighted by Gasteiger charge is 2.44. The van der Waals surface area contributed by atoms with Gasteiger partial charge in [-0.2, -0.15) is 0 Å². The summed E-state index contributed by atoms with van der Waals surface area (Å²) in [4.78, 5) is 32.2. The van der Waals surface area contributed by atoms with Gasteiger partial charge in [0.2, 0.25) is 0 Å². The number of rotatable bonds is 6. The van der Waals surface area contributed by atoms with Crippen LogP contribution in [0.3, 0.4) is 0 Å². The summed E-state index contributed by atoms with van der Waals surface area (Å²) in [6.45, 7) is 8.24. The number of hydrogen-bond acceptors (Lipinski definition) is 4. The summed E-state index contributed by atoms with van der Waals surface area (Å²) in [6.07, 6.45) is 0. The Morgan fingerprint density at radius 2 is 1.58 bits per heavy atom. The van der Waals surface area contributed by atoms with Crippen molar-refractivity contribution in [3.05, 3.63) is 59.7 Å². The molecule has 0 saturated carbocycles. The summed E-state index contributed by atoms with van der Waals surface area (Å²) in [5, 5.41) is 0. The second-order valence-corrected chi connectivity index (χ2v) is 8.49. The zero-order valence-corrected chi connectivity index (χ0v) is 18.5. The first kappa shape index (κ1) is 21.3. The molecule has 2 heterocycles. The molecule has 3 amide bonds. The Kier molecular flexibility index (Phi) is 6.25. The van der Waals surface area contributed by atoms with E-state index < -0.39 is 6.04 Å². The van der Waals surface area contributed by atoms with E-state index in [2.05, 4.69) is 29.2 Å². The minimum absolute atomic E-state index is 0.146. The lowest BCUT2D eigenvalue weighted by Crippen LogP contribution is -3.09. The van der Waals surface area contributed by atoms with Gasteiger partial charge < -0.3 is 14.5 Å². The van der Waals surface area contributed by atoms with Crippen LogP contribution in [0.2, 0.25) is 0 Å². The van der Waals surface area contributed by atoms with Crippen molar-refractivity contribution in [2.45, 2.75) is 26.4 Å². The SMILES string of the molecule is Cc1ccc(N2C(=O)N(C[NH+](C)Cc3ccc(N4CCOCC4)cc3)C(=O)[C@H]2C)cc1. The van der Waals surface area contributed by atoms with Crippen molar-refractivity contribution < 1.29 is 19.2 Å². The van der Waals surface area contributed by atoms with Crippen molar-refractivity contribution in [2.24, 2.45) is 0 Å². The topological polar surface area (TPSA) is 57.5 Å². The zero-order chi connectivity index (χ0) is 22.0. The number of morpholine rings is 1. The molecule has 7 heteroatoms. The van der Waals surface area contributed by atoms with Gasteiger partial charge in [-0.3, -0.25) is 9.69 Å². The van der Waals surface area contributed by atoms with Crippen LogP contribution in [0.25, 0.3) is 0 Å². The molecule has 1 N–H and O–H groups in total. The molecule has 1 unspecified atom stereocenters. The van der Waals surface area contributed by atoms with E-state index >= 15 is 0 Å². The van der Waals surface area contributed by atoms with Crippen molar-refractivity contribution in [1.29, 1.82) is 0 Å². The summed E-state index contributed by atoms with van der Waals surface area (Å²) in [7, 11) is 2.01. The maximum absolute atomic E-state index is 13.0. The van der Waals surface area contributed by atoms with Crippen LogP contribution < -0.4 is 14.7 Å². The normalized spacial score (nSPS) is 20.5. The number of carbonyl (C=O) groups excluding carboxylic acids is 2. The number of anilines is 2. The lowest BCUT2D eigenvalue weighted by Gasteiger charge is -2.29. The van der Waals surface area contributed by atoms with Gasteiger partial charge in [0.1, 0.15) is 12.6 Å². The molecule has 164 valence electrons. The van der Waals surface area contributed by atoms with Crippen LogP contribution in [-0.2, 0) is 16.1 Å². The van der Waals surface area contributed by atoms with Gasteiger partial charge in [-0.1, -0.05) is 29.8 Å². The van der Waals surface area contributed by atoms with Gasteiger partial charge in [0, 0.05) is 30.0 Å². The van der Waals surface area contributed by atoms with Crippen LogP contribution in [0.5, 0.6) is 0 Å². The Morgan fingerprint density at radius 3 is 2.23 bits per heavy atom. The molecule has 2 aromatic rings. The van der Waals surface area contributed by atoms with E-state index in [-0.39, 0.29) is 11.9 Å². The van der Waals surface area contributed by atoms with Crippen molar-refractivity contribution in [3.8, 4) is 0 Å². The predicted molar refractivity (Wildman–Crippen MR) is 120 cm³/mol. The fourth-order valence-electron chi connectivity index (χ4n) is 4.23. The maximum atomic E-state index is 13.0. The Bertz CT molecular complexity index is 923. The molecule has 4 rings (SSSR count). The summed E-state index contributed by atoms with van der Waals surface area (Å²) < 4.78 is 5.42. The highest BCUT2D eigenvalue weighted by atomic mass is 16.5. The van der Waals surface area contributed by atoms with Crippen LogP contribution in [0, 0.1) is 6.92 Å². The van der Waals surface area contributed by atoms with Crippen LogP contribution in [0.15, 0.2) is 48.5 Å². The molecule has 2 aromatic carbocycles. The van der Waals surface area contributed by atoms with Crippen LogP contribution in [-0.4, -0.2) is 62.9 Å². The number of hydrogen-bond donors (Lipinski definition) is 1. The van der Waals surface area contributed by atoms with Gasteiger partial charge >= 0.3 is 6.03 Å². The Labute approximate surface area is 183 Å². The molecule has 0 spiro atoms. The van der Waals surface area contributed by atoms with E-state index in [1.54, 1.807) is 11.8 Å². The van der Waals surface area contributed by atoms with Gasteiger partial charge in [0.05, 0.1) is 20.3 Å². The lowest BCUT2D eigenvalue weighted by atomic mass is 10.2. The molecule has 0 radical (unpaired) electrons. The van der Waals surface area contributed by atoms with E-state index in [1.165, 1.54) is 16.2 Å². The third-order valence-corrected chi connectivity index (χ3v) is 6.01. The predicted octanol–water partition coefficient (Wildman–Crippen LogP) is 1.66. The van der Waals surface area contributed by atoms with Crippen molar-refractivity contribution >= 4 is 23.3 Å². The first-order valence-electron chi connectivity index (χ1n) is 10.9. The number of benzene rings is 2. The molecule has 2 fully saturated rings. The second-order valence-electron chi connectivity index (χ2n) is 8.49. The molecule has 0 bridgehead atoms. The average molecular weight is 424 g/mol. The van der Waals surface area contributed by atoms with Crippen LogP contribution in [0.4, 0.5) is 16.2 Å². The van der Waals surface area contributed by atoms with E-state index in [4.69, 9.17) is 4.74 Å². The van der Waals surface area contributed by atoms with Gasteiger partial charge in [-0.05, 0) is 38.1 Å². The molecule has 2 atom stereocenters. The second kappa shape index (κ2) is 9.08. The van der Waals surface area contributed by atoms with Gasteiger partial charge in [-0.15, -0.1) is 0 Å². The number of aryl methyl sites for hydroxylation is 1.